The van der Waals surface area contributed by atoms with Crippen molar-refractivity contribution >= 4 is 22.2 Å². The molecule has 0 aliphatic carbocycles. The molecule has 2 rings (SSSR count). The number of hydrogen-bond donors (Lipinski definition) is 0. The van der Waals surface area contributed by atoms with E-state index < -0.39 is 0 Å². The number of rotatable bonds is 4. The van der Waals surface area contributed by atoms with Crippen molar-refractivity contribution in [1.29, 1.82) is 0 Å². The SMILES string of the molecule is O=CCOc1ccc(-c2ccc(Br)cc2)cc1. The fourth-order valence-corrected chi connectivity index (χ4v) is 1.78. The van der Waals surface area contributed by atoms with Gasteiger partial charge in [0.2, 0.25) is 0 Å². The minimum atomic E-state index is 0.0949. The van der Waals surface area contributed by atoms with Crippen LogP contribution in [0.15, 0.2) is 53.0 Å². The maximum atomic E-state index is 10.2. The summed E-state index contributed by atoms with van der Waals surface area (Å²) in [4.78, 5) is 10.2. The lowest BCUT2D eigenvalue weighted by molar-refractivity contribution is -0.109. The monoisotopic (exact) mass is 290 g/mol. The highest BCUT2D eigenvalue weighted by Gasteiger charge is 1.98. The standard InChI is InChI=1S/C14H11BrO2/c15-13-5-1-11(2-6-13)12-3-7-14(8-4-12)17-10-9-16/h1-9H,10H2. The lowest BCUT2D eigenvalue weighted by Gasteiger charge is -2.05. The number of carbonyl (C=O) groups excluding carboxylic acids is 1. The van der Waals surface area contributed by atoms with Gasteiger partial charge in [-0.2, -0.15) is 0 Å². The van der Waals surface area contributed by atoms with Crippen LogP contribution in [0, 0.1) is 0 Å². The van der Waals surface area contributed by atoms with E-state index in [1.807, 2.05) is 48.5 Å². The van der Waals surface area contributed by atoms with Crippen molar-refractivity contribution in [3.8, 4) is 16.9 Å². The topological polar surface area (TPSA) is 26.3 Å². The minimum Gasteiger partial charge on any atom is -0.486 e. The van der Waals surface area contributed by atoms with Crippen molar-refractivity contribution in [2.45, 2.75) is 0 Å². The highest BCUT2D eigenvalue weighted by molar-refractivity contribution is 9.10. The largest absolute Gasteiger partial charge is 0.486 e. The van der Waals surface area contributed by atoms with Crippen molar-refractivity contribution in [3.63, 3.8) is 0 Å². The molecule has 0 atom stereocenters. The molecule has 0 radical (unpaired) electrons. The van der Waals surface area contributed by atoms with E-state index in [2.05, 4.69) is 15.9 Å². The van der Waals surface area contributed by atoms with Crippen LogP contribution >= 0.6 is 15.9 Å². The predicted octanol–water partition coefficient (Wildman–Crippen LogP) is 3.69. The highest BCUT2D eigenvalue weighted by Crippen LogP contribution is 2.23. The first-order valence-corrected chi connectivity index (χ1v) is 6.01. The van der Waals surface area contributed by atoms with Crippen molar-refractivity contribution in [2.24, 2.45) is 0 Å². The maximum Gasteiger partial charge on any atom is 0.157 e. The van der Waals surface area contributed by atoms with Gasteiger partial charge in [-0.25, -0.2) is 0 Å². The molecular weight excluding hydrogens is 280 g/mol. The van der Waals surface area contributed by atoms with E-state index in [1.54, 1.807) is 0 Å². The van der Waals surface area contributed by atoms with Crippen molar-refractivity contribution < 1.29 is 9.53 Å². The molecule has 0 N–H and O–H groups in total. The lowest BCUT2D eigenvalue weighted by Crippen LogP contribution is -1.97. The van der Waals surface area contributed by atoms with Gasteiger partial charge >= 0.3 is 0 Å². The Morgan fingerprint density at radius 3 is 2.00 bits per heavy atom. The van der Waals surface area contributed by atoms with E-state index in [1.165, 1.54) is 0 Å². The van der Waals surface area contributed by atoms with E-state index in [0.29, 0.717) is 5.75 Å². The molecule has 3 heteroatoms. The summed E-state index contributed by atoms with van der Waals surface area (Å²) < 4.78 is 6.25. The zero-order valence-corrected chi connectivity index (χ0v) is 10.7. The third-order valence-corrected chi connectivity index (χ3v) is 2.88. The fourth-order valence-electron chi connectivity index (χ4n) is 1.52. The molecule has 2 nitrogen and oxygen atoms in total. The average Bonchev–Trinajstić information content (AvgIpc) is 2.38. The first kappa shape index (κ1) is 11.9. The molecule has 0 saturated heterocycles. The summed E-state index contributed by atoms with van der Waals surface area (Å²) in [5, 5.41) is 0. The molecule has 0 bridgehead atoms. The lowest BCUT2D eigenvalue weighted by atomic mass is 10.1. The summed E-state index contributed by atoms with van der Waals surface area (Å²) in [5.41, 5.74) is 2.27. The summed E-state index contributed by atoms with van der Waals surface area (Å²) in [5.74, 6) is 0.706. The van der Waals surface area contributed by atoms with Crippen LogP contribution in [0.2, 0.25) is 0 Å². The molecule has 0 unspecified atom stereocenters. The van der Waals surface area contributed by atoms with Crippen molar-refractivity contribution in [1.82, 2.24) is 0 Å². The Morgan fingerprint density at radius 2 is 1.47 bits per heavy atom. The zero-order chi connectivity index (χ0) is 12.1. The summed E-state index contributed by atoms with van der Waals surface area (Å²) >= 11 is 3.40. The molecule has 0 amide bonds. The fraction of sp³-hybridized carbons (Fsp3) is 0.0714. The van der Waals surface area contributed by atoms with Crippen molar-refractivity contribution in [2.75, 3.05) is 6.61 Å². The Kier molecular flexibility index (Phi) is 3.94. The van der Waals surface area contributed by atoms with Gasteiger partial charge in [0.1, 0.15) is 12.4 Å². The zero-order valence-electron chi connectivity index (χ0n) is 9.10. The smallest absolute Gasteiger partial charge is 0.157 e. The van der Waals surface area contributed by atoms with Crippen molar-refractivity contribution in [3.05, 3.63) is 53.0 Å². The van der Waals surface area contributed by atoms with E-state index in [9.17, 15) is 4.79 Å². The van der Waals surface area contributed by atoms with Crippen LogP contribution < -0.4 is 4.74 Å². The first-order chi connectivity index (χ1) is 8.29. The normalized spacial score (nSPS) is 9.94. The van der Waals surface area contributed by atoms with Gasteiger partial charge in [0.25, 0.3) is 0 Å². The molecule has 0 saturated carbocycles. The number of ether oxygens (including phenoxy) is 1. The molecule has 0 aliphatic heterocycles. The number of benzene rings is 2. The molecule has 17 heavy (non-hydrogen) atoms. The predicted molar refractivity (Wildman–Crippen MR) is 71.1 cm³/mol. The van der Waals surface area contributed by atoms with E-state index >= 15 is 0 Å². The van der Waals surface area contributed by atoms with Crippen LogP contribution in [-0.4, -0.2) is 12.9 Å². The second-order valence-electron chi connectivity index (χ2n) is 3.51. The molecule has 86 valence electrons. The van der Waals surface area contributed by atoms with Gasteiger partial charge in [0.15, 0.2) is 6.29 Å². The Morgan fingerprint density at radius 1 is 0.941 bits per heavy atom. The Balaban J connectivity index is 2.17. The van der Waals surface area contributed by atoms with Gasteiger partial charge in [-0.3, -0.25) is 4.79 Å². The Bertz CT molecular complexity index is 489. The van der Waals surface area contributed by atoms with E-state index in [4.69, 9.17) is 4.74 Å². The van der Waals surface area contributed by atoms with Gasteiger partial charge in [0.05, 0.1) is 0 Å². The molecule has 0 heterocycles. The third kappa shape index (κ3) is 3.17. The molecule has 0 aromatic heterocycles. The van der Waals surface area contributed by atoms with Crippen LogP contribution in [0.5, 0.6) is 5.75 Å². The van der Waals surface area contributed by atoms with Gasteiger partial charge in [-0.1, -0.05) is 40.2 Å². The summed E-state index contributed by atoms with van der Waals surface area (Å²) in [7, 11) is 0. The maximum absolute atomic E-state index is 10.2. The third-order valence-electron chi connectivity index (χ3n) is 2.35. The molecule has 0 aliphatic rings. The van der Waals surface area contributed by atoms with Gasteiger partial charge in [-0.15, -0.1) is 0 Å². The van der Waals surface area contributed by atoms with Crippen LogP contribution in [0.4, 0.5) is 0 Å². The number of halogens is 1. The Hall–Kier alpha value is -1.61. The molecule has 2 aromatic rings. The number of carbonyl (C=O) groups is 1. The minimum absolute atomic E-state index is 0.0949. The summed E-state index contributed by atoms with van der Waals surface area (Å²) in [6.07, 6.45) is 0.739. The second-order valence-corrected chi connectivity index (χ2v) is 4.42. The van der Waals surface area contributed by atoms with Crippen LogP contribution in [0.3, 0.4) is 0 Å². The van der Waals surface area contributed by atoms with Gasteiger partial charge in [0, 0.05) is 4.47 Å². The van der Waals surface area contributed by atoms with E-state index in [-0.39, 0.29) is 6.61 Å². The number of aldehydes is 1. The summed E-state index contributed by atoms with van der Waals surface area (Å²) in [6.45, 7) is 0.0949. The average molecular weight is 291 g/mol. The van der Waals surface area contributed by atoms with Crippen LogP contribution in [0.25, 0.3) is 11.1 Å². The van der Waals surface area contributed by atoms with Crippen LogP contribution in [-0.2, 0) is 4.79 Å². The second kappa shape index (κ2) is 5.64. The highest BCUT2D eigenvalue weighted by atomic mass is 79.9. The Labute approximate surface area is 108 Å². The van der Waals surface area contributed by atoms with E-state index in [0.717, 1.165) is 21.9 Å². The first-order valence-electron chi connectivity index (χ1n) is 5.22. The summed E-state index contributed by atoms with van der Waals surface area (Å²) in [6, 6.07) is 15.8. The molecular formula is C14H11BrO2. The molecule has 2 aromatic carbocycles. The van der Waals surface area contributed by atoms with Gasteiger partial charge < -0.3 is 4.74 Å². The quantitative estimate of drug-likeness (QED) is 0.803. The van der Waals surface area contributed by atoms with Crippen LogP contribution in [0.1, 0.15) is 0 Å². The van der Waals surface area contributed by atoms with Gasteiger partial charge in [-0.05, 0) is 35.4 Å². The number of hydrogen-bond acceptors (Lipinski definition) is 2. The molecule has 0 fully saturated rings. The molecule has 0 spiro atoms.